The Morgan fingerprint density at radius 3 is 2.84 bits per heavy atom. The molecule has 0 aromatic carbocycles. The summed E-state index contributed by atoms with van der Waals surface area (Å²) in [5.74, 6) is 0.0656. The number of aryl methyl sites for hydroxylation is 1. The number of hydrogen-bond donors (Lipinski definition) is 1. The van der Waals surface area contributed by atoms with Crippen molar-refractivity contribution in [1.29, 1.82) is 0 Å². The Balaban J connectivity index is 2.02. The van der Waals surface area contributed by atoms with Gasteiger partial charge in [-0.25, -0.2) is 14.4 Å². The Morgan fingerprint density at radius 2 is 2.20 bits per heavy atom. The normalized spacial score (nSPS) is 11.0. The summed E-state index contributed by atoms with van der Waals surface area (Å²) in [5.41, 5.74) is 5.83. The van der Waals surface area contributed by atoms with E-state index in [0.717, 1.165) is 0 Å². The van der Waals surface area contributed by atoms with E-state index in [4.69, 9.17) is 17.3 Å². The average molecular weight is 378 g/mol. The van der Waals surface area contributed by atoms with Crippen molar-refractivity contribution in [3.05, 3.63) is 56.0 Å². The van der Waals surface area contributed by atoms with Crippen molar-refractivity contribution in [3.63, 3.8) is 0 Å². The molecule has 0 spiro atoms. The molecular weight excluding hydrogens is 362 g/mol. The number of nitrogens with two attached hydrogens (primary N) is 1. The van der Waals surface area contributed by atoms with E-state index in [-0.39, 0.29) is 11.3 Å². The molecule has 0 atom stereocenters. The molecule has 0 saturated carbocycles. The Bertz CT molecular complexity index is 1010. The fourth-order valence-corrected chi connectivity index (χ4v) is 3.76. The molecule has 9 heteroatoms. The Morgan fingerprint density at radius 1 is 1.44 bits per heavy atom. The molecule has 25 heavy (non-hydrogen) atoms. The molecule has 0 saturated heterocycles. The summed E-state index contributed by atoms with van der Waals surface area (Å²) in [6, 6.07) is 4.88. The minimum Gasteiger partial charge on any atom is -0.364 e. The zero-order chi connectivity index (χ0) is 18.1. The molecule has 0 unspecified atom stereocenters. The predicted octanol–water partition coefficient (Wildman–Crippen LogP) is 2.24. The van der Waals surface area contributed by atoms with Gasteiger partial charge in [0.1, 0.15) is 11.5 Å². The van der Waals surface area contributed by atoms with Crippen molar-refractivity contribution in [1.82, 2.24) is 14.4 Å². The number of amides is 1. The number of thiazole rings is 1. The van der Waals surface area contributed by atoms with Crippen LogP contribution in [0.1, 0.15) is 28.0 Å². The third kappa shape index (κ3) is 3.35. The summed E-state index contributed by atoms with van der Waals surface area (Å²) in [5, 5.41) is 0.590. The van der Waals surface area contributed by atoms with E-state index < -0.39 is 5.91 Å². The van der Waals surface area contributed by atoms with Gasteiger partial charge in [0, 0.05) is 28.7 Å². The molecule has 3 aromatic rings. The molecule has 0 bridgehead atoms. The molecular formula is C16H16ClN5O2S. The van der Waals surface area contributed by atoms with Crippen LogP contribution in [0.5, 0.6) is 0 Å². The number of primary amides is 1. The standard InChI is InChI=1S/C16H16ClN5O2S/c1-3-21(12-6-10(17)4-5-19-12)8-11-7-13(23)22-14(15(18)24)9(2)25-16(22)20-11/h4-7H,3,8H2,1-2H3,(H2,18,24). The number of carbonyl (C=O) groups excluding carboxylic acids is 1. The van der Waals surface area contributed by atoms with Gasteiger partial charge in [0.15, 0.2) is 4.96 Å². The van der Waals surface area contributed by atoms with Crippen LogP contribution in [0.2, 0.25) is 5.02 Å². The Labute approximate surface area is 152 Å². The first kappa shape index (κ1) is 17.4. The quantitative estimate of drug-likeness (QED) is 0.735. The monoisotopic (exact) mass is 377 g/mol. The van der Waals surface area contributed by atoms with Crippen molar-refractivity contribution >= 4 is 39.6 Å². The third-order valence-electron chi connectivity index (χ3n) is 3.74. The molecule has 0 aliphatic heterocycles. The number of rotatable bonds is 5. The van der Waals surface area contributed by atoms with Gasteiger partial charge in [-0.15, -0.1) is 11.3 Å². The topological polar surface area (TPSA) is 93.6 Å². The second-order valence-electron chi connectivity index (χ2n) is 5.42. The SMILES string of the molecule is CCN(Cc1cc(=O)n2c(C(N)=O)c(C)sc2n1)c1cc(Cl)ccn1. The molecule has 2 N–H and O–H groups in total. The average Bonchev–Trinajstić information content (AvgIpc) is 2.89. The molecule has 1 amide bonds. The van der Waals surface area contributed by atoms with Crippen molar-refractivity contribution in [3.8, 4) is 0 Å². The van der Waals surface area contributed by atoms with E-state index >= 15 is 0 Å². The number of aromatic nitrogens is 3. The van der Waals surface area contributed by atoms with E-state index in [1.807, 2.05) is 11.8 Å². The zero-order valence-electron chi connectivity index (χ0n) is 13.7. The number of nitrogens with zero attached hydrogens (tertiary/aromatic N) is 4. The highest BCUT2D eigenvalue weighted by atomic mass is 35.5. The van der Waals surface area contributed by atoms with Crippen LogP contribution in [0.15, 0.2) is 29.2 Å². The molecule has 0 aliphatic carbocycles. The van der Waals surface area contributed by atoms with Gasteiger partial charge in [-0.3, -0.25) is 9.59 Å². The molecule has 0 fully saturated rings. The fourth-order valence-electron chi connectivity index (χ4n) is 2.61. The van der Waals surface area contributed by atoms with Gasteiger partial charge in [0.25, 0.3) is 11.5 Å². The first-order valence-electron chi connectivity index (χ1n) is 7.59. The largest absolute Gasteiger partial charge is 0.364 e. The molecule has 3 heterocycles. The highest BCUT2D eigenvalue weighted by Gasteiger charge is 2.18. The summed E-state index contributed by atoms with van der Waals surface area (Å²) >= 11 is 7.29. The van der Waals surface area contributed by atoms with Crippen LogP contribution in [0, 0.1) is 6.92 Å². The Kier molecular flexibility index (Phi) is 4.73. The first-order chi connectivity index (χ1) is 11.9. The molecule has 0 aliphatic rings. The van der Waals surface area contributed by atoms with Crippen LogP contribution < -0.4 is 16.2 Å². The fraction of sp³-hybridized carbons (Fsp3) is 0.250. The van der Waals surface area contributed by atoms with Gasteiger partial charge in [0.2, 0.25) is 0 Å². The van der Waals surface area contributed by atoms with Crippen LogP contribution >= 0.6 is 22.9 Å². The maximum Gasteiger partial charge on any atom is 0.266 e. The lowest BCUT2D eigenvalue weighted by Gasteiger charge is -2.21. The van der Waals surface area contributed by atoms with E-state index in [9.17, 15) is 9.59 Å². The van der Waals surface area contributed by atoms with Crippen LogP contribution in [0.3, 0.4) is 0 Å². The summed E-state index contributed by atoms with van der Waals surface area (Å²) in [6.07, 6.45) is 1.63. The maximum atomic E-state index is 12.5. The number of carbonyl (C=O) groups is 1. The van der Waals surface area contributed by atoms with Crippen molar-refractivity contribution in [2.75, 3.05) is 11.4 Å². The predicted molar refractivity (Wildman–Crippen MR) is 98.6 cm³/mol. The second kappa shape index (κ2) is 6.81. The van der Waals surface area contributed by atoms with Crippen molar-refractivity contribution < 1.29 is 4.79 Å². The number of hydrogen-bond acceptors (Lipinski definition) is 6. The highest BCUT2D eigenvalue weighted by Crippen LogP contribution is 2.21. The third-order valence-corrected chi connectivity index (χ3v) is 4.93. The van der Waals surface area contributed by atoms with Crippen LogP contribution in [-0.2, 0) is 6.54 Å². The van der Waals surface area contributed by atoms with E-state index in [1.54, 1.807) is 25.3 Å². The van der Waals surface area contributed by atoms with Crippen LogP contribution in [-0.4, -0.2) is 26.8 Å². The number of halogens is 1. The summed E-state index contributed by atoms with van der Waals surface area (Å²) in [7, 11) is 0. The van der Waals surface area contributed by atoms with Gasteiger partial charge in [-0.2, -0.15) is 0 Å². The smallest absolute Gasteiger partial charge is 0.266 e. The number of pyridine rings is 1. The lowest BCUT2D eigenvalue weighted by Crippen LogP contribution is -2.27. The van der Waals surface area contributed by atoms with Gasteiger partial charge >= 0.3 is 0 Å². The molecule has 3 rings (SSSR count). The Hall–Kier alpha value is -2.45. The minimum absolute atomic E-state index is 0.188. The lowest BCUT2D eigenvalue weighted by molar-refractivity contribution is 0.0994. The first-order valence-corrected chi connectivity index (χ1v) is 8.78. The van der Waals surface area contributed by atoms with Gasteiger partial charge in [0.05, 0.1) is 12.2 Å². The second-order valence-corrected chi connectivity index (χ2v) is 7.04. The van der Waals surface area contributed by atoms with Crippen molar-refractivity contribution in [2.24, 2.45) is 5.73 Å². The van der Waals surface area contributed by atoms with Crippen LogP contribution in [0.4, 0.5) is 5.82 Å². The number of anilines is 1. The van der Waals surface area contributed by atoms with Crippen molar-refractivity contribution in [2.45, 2.75) is 20.4 Å². The lowest BCUT2D eigenvalue weighted by atomic mass is 10.3. The zero-order valence-corrected chi connectivity index (χ0v) is 15.3. The molecule has 130 valence electrons. The maximum absolute atomic E-state index is 12.5. The summed E-state index contributed by atoms with van der Waals surface area (Å²) in [4.78, 5) is 35.9. The molecule has 0 radical (unpaired) electrons. The van der Waals surface area contributed by atoms with Gasteiger partial charge < -0.3 is 10.6 Å². The van der Waals surface area contributed by atoms with E-state index in [2.05, 4.69) is 9.97 Å². The van der Waals surface area contributed by atoms with Crippen LogP contribution in [0.25, 0.3) is 4.96 Å². The minimum atomic E-state index is -0.640. The molecule has 7 nitrogen and oxygen atoms in total. The molecule has 3 aromatic heterocycles. The van der Waals surface area contributed by atoms with E-state index in [0.29, 0.717) is 39.5 Å². The summed E-state index contributed by atoms with van der Waals surface area (Å²) < 4.78 is 1.26. The highest BCUT2D eigenvalue weighted by molar-refractivity contribution is 7.17. The summed E-state index contributed by atoms with van der Waals surface area (Å²) in [6.45, 7) is 4.80. The number of fused-ring (bicyclic) bond motifs is 1. The van der Waals surface area contributed by atoms with Gasteiger partial charge in [-0.1, -0.05) is 11.6 Å². The van der Waals surface area contributed by atoms with E-state index in [1.165, 1.54) is 21.8 Å². The van der Waals surface area contributed by atoms with Gasteiger partial charge in [-0.05, 0) is 26.0 Å².